The second kappa shape index (κ2) is 7.38. The molecule has 3 rings (SSSR count). The summed E-state index contributed by atoms with van der Waals surface area (Å²) in [5.41, 5.74) is 2.34. The molecule has 3 nitrogen and oxygen atoms in total. The van der Waals surface area contributed by atoms with Gasteiger partial charge in [-0.1, -0.05) is 35.9 Å². The zero-order valence-corrected chi connectivity index (χ0v) is 13.3. The maximum Gasteiger partial charge on any atom is 0.137 e. The molecule has 5 heteroatoms. The highest BCUT2D eigenvalue weighted by atomic mass is 35.5. The molecule has 0 radical (unpaired) electrons. The van der Waals surface area contributed by atoms with Crippen LogP contribution in [0.4, 0.5) is 4.39 Å². The van der Waals surface area contributed by atoms with Gasteiger partial charge in [0.2, 0.25) is 0 Å². The number of benzene rings is 2. The molecule has 0 amide bonds. The molecule has 1 aromatic heterocycles. The summed E-state index contributed by atoms with van der Waals surface area (Å²) < 4.78 is 15.0. The summed E-state index contributed by atoms with van der Waals surface area (Å²) in [6, 6.07) is 14.6. The van der Waals surface area contributed by atoms with Crippen LogP contribution in [0.5, 0.6) is 0 Å². The summed E-state index contributed by atoms with van der Waals surface area (Å²) >= 11 is 5.93. The van der Waals surface area contributed by atoms with Gasteiger partial charge in [-0.15, -0.1) is 0 Å². The Balaban J connectivity index is 1.74. The van der Waals surface area contributed by atoms with Crippen LogP contribution in [0.25, 0.3) is 0 Å². The van der Waals surface area contributed by atoms with E-state index in [9.17, 15) is 4.39 Å². The molecule has 0 spiro atoms. The highest BCUT2D eigenvalue weighted by Gasteiger charge is 2.13. The summed E-state index contributed by atoms with van der Waals surface area (Å²) in [5, 5.41) is 4.92. The van der Waals surface area contributed by atoms with E-state index >= 15 is 0 Å². The second-order valence-electron chi connectivity index (χ2n) is 5.53. The Kier molecular flexibility index (Phi) is 5.03. The van der Waals surface area contributed by atoms with E-state index in [1.54, 1.807) is 6.33 Å². The predicted molar refractivity (Wildman–Crippen MR) is 88.9 cm³/mol. The molecule has 1 atom stereocenters. The molecule has 0 aliphatic heterocycles. The summed E-state index contributed by atoms with van der Waals surface area (Å²) in [6.07, 6.45) is 5.10. The van der Waals surface area contributed by atoms with E-state index in [4.69, 9.17) is 11.6 Å². The van der Waals surface area contributed by atoms with Gasteiger partial charge in [-0.2, -0.15) is 5.10 Å². The number of hydrogen-bond donors (Lipinski definition) is 0. The third kappa shape index (κ3) is 4.39. The topological polar surface area (TPSA) is 30.7 Å². The lowest BCUT2D eigenvalue weighted by atomic mass is 9.92. The van der Waals surface area contributed by atoms with E-state index in [2.05, 4.69) is 10.1 Å². The quantitative estimate of drug-likeness (QED) is 0.667. The smallest absolute Gasteiger partial charge is 0.137 e. The van der Waals surface area contributed by atoms with Crippen molar-refractivity contribution in [3.05, 3.63) is 83.2 Å². The monoisotopic (exact) mass is 329 g/mol. The number of halogens is 2. The molecule has 3 aromatic rings. The summed E-state index contributed by atoms with van der Waals surface area (Å²) in [4.78, 5) is 3.99. The SMILES string of the molecule is Fc1ccc(C(CCc2ccc(Cl)cc2)Cn2cncn2)cc1. The van der Waals surface area contributed by atoms with Crippen molar-refractivity contribution in [2.45, 2.75) is 25.3 Å². The van der Waals surface area contributed by atoms with Crippen LogP contribution >= 0.6 is 11.6 Å². The molecule has 1 unspecified atom stereocenters. The van der Waals surface area contributed by atoms with Gasteiger partial charge in [-0.05, 0) is 48.2 Å². The molecule has 0 bridgehead atoms. The Labute approximate surface area is 139 Å². The van der Waals surface area contributed by atoms with Gasteiger partial charge in [0.15, 0.2) is 0 Å². The van der Waals surface area contributed by atoms with Gasteiger partial charge in [0, 0.05) is 17.5 Å². The number of aryl methyl sites for hydroxylation is 1. The number of aromatic nitrogens is 3. The fraction of sp³-hybridized carbons (Fsp3) is 0.222. The van der Waals surface area contributed by atoms with Gasteiger partial charge < -0.3 is 0 Å². The lowest BCUT2D eigenvalue weighted by Crippen LogP contribution is -2.11. The minimum atomic E-state index is -0.217. The Hall–Kier alpha value is -2.20. The maximum absolute atomic E-state index is 13.2. The average Bonchev–Trinajstić information content (AvgIpc) is 3.07. The van der Waals surface area contributed by atoms with Crippen molar-refractivity contribution in [2.24, 2.45) is 0 Å². The predicted octanol–water partition coefficient (Wildman–Crippen LogP) is 4.49. The summed E-state index contributed by atoms with van der Waals surface area (Å²) in [6.45, 7) is 0.721. The van der Waals surface area contributed by atoms with E-state index in [0.29, 0.717) is 0 Å². The van der Waals surface area contributed by atoms with Crippen LogP contribution in [0.2, 0.25) is 5.02 Å². The van der Waals surface area contributed by atoms with Gasteiger partial charge in [0.25, 0.3) is 0 Å². The molecule has 0 aliphatic rings. The standard InChI is InChI=1S/C18H17ClFN3/c19-17-7-2-14(3-8-17)1-4-16(11-23-13-21-12-22-23)15-5-9-18(20)10-6-15/h2-3,5-10,12-13,16H,1,4,11H2. The van der Waals surface area contributed by atoms with Gasteiger partial charge in [0.05, 0.1) is 0 Å². The molecular formula is C18H17ClFN3. The van der Waals surface area contributed by atoms with Crippen molar-refractivity contribution in [3.63, 3.8) is 0 Å². The molecule has 118 valence electrons. The molecular weight excluding hydrogens is 313 g/mol. The molecule has 1 heterocycles. The fourth-order valence-corrected chi connectivity index (χ4v) is 2.77. The zero-order chi connectivity index (χ0) is 16.1. The van der Waals surface area contributed by atoms with Gasteiger partial charge >= 0.3 is 0 Å². The van der Waals surface area contributed by atoms with Crippen molar-refractivity contribution in [1.29, 1.82) is 0 Å². The Bertz CT molecular complexity index is 724. The lowest BCUT2D eigenvalue weighted by Gasteiger charge is -2.17. The largest absolute Gasteiger partial charge is 0.252 e. The van der Waals surface area contributed by atoms with Crippen molar-refractivity contribution < 1.29 is 4.39 Å². The highest BCUT2D eigenvalue weighted by Crippen LogP contribution is 2.24. The molecule has 0 fully saturated rings. The third-order valence-corrected chi connectivity index (χ3v) is 4.16. The molecule has 0 saturated carbocycles. The van der Waals surface area contributed by atoms with Crippen molar-refractivity contribution in [2.75, 3.05) is 0 Å². The van der Waals surface area contributed by atoms with E-state index in [1.165, 1.54) is 24.0 Å². The molecule has 23 heavy (non-hydrogen) atoms. The van der Waals surface area contributed by atoms with Crippen LogP contribution in [0.3, 0.4) is 0 Å². The Morgan fingerprint density at radius 1 is 1.04 bits per heavy atom. The Morgan fingerprint density at radius 2 is 1.78 bits per heavy atom. The Morgan fingerprint density at radius 3 is 2.43 bits per heavy atom. The van der Waals surface area contributed by atoms with E-state index in [0.717, 1.165) is 30.0 Å². The van der Waals surface area contributed by atoms with E-state index < -0.39 is 0 Å². The van der Waals surface area contributed by atoms with Crippen molar-refractivity contribution in [1.82, 2.24) is 14.8 Å². The first-order chi connectivity index (χ1) is 11.2. The summed E-state index contributed by atoms with van der Waals surface area (Å²) in [7, 11) is 0. The van der Waals surface area contributed by atoms with Crippen LogP contribution < -0.4 is 0 Å². The van der Waals surface area contributed by atoms with E-state index in [-0.39, 0.29) is 11.7 Å². The van der Waals surface area contributed by atoms with Crippen molar-refractivity contribution >= 4 is 11.6 Å². The van der Waals surface area contributed by atoms with Crippen LogP contribution in [0, 0.1) is 5.82 Å². The fourth-order valence-electron chi connectivity index (χ4n) is 2.64. The minimum Gasteiger partial charge on any atom is -0.252 e. The van der Waals surface area contributed by atoms with Crippen molar-refractivity contribution in [3.8, 4) is 0 Å². The average molecular weight is 330 g/mol. The number of rotatable bonds is 6. The van der Waals surface area contributed by atoms with Crippen LogP contribution in [-0.4, -0.2) is 14.8 Å². The third-order valence-electron chi connectivity index (χ3n) is 3.91. The van der Waals surface area contributed by atoms with Gasteiger partial charge in [-0.25, -0.2) is 9.37 Å². The second-order valence-corrected chi connectivity index (χ2v) is 5.97. The first-order valence-electron chi connectivity index (χ1n) is 7.53. The zero-order valence-electron chi connectivity index (χ0n) is 12.6. The molecule has 0 saturated heterocycles. The highest BCUT2D eigenvalue weighted by molar-refractivity contribution is 6.30. The maximum atomic E-state index is 13.2. The van der Waals surface area contributed by atoms with Gasteiger partial charge in [-0.3, -0.25) is 4.68 Å². The normalized spacial score (nSPS) is 12.3. The summed E-state index contributed by atoms with van der Waals surface area (Å²) in [5.74, 6) is 0.0268. The minimum absolute atomic E-state index is 0.217. The van der Waals surface area contributed by atoms with Crippen LogP contribution in [0.15, 0.2) is 61.2 Å². The first-order valence-corrected chi connectivity index (χ1v) is 7.91. The van der Waals surface area contributed by atoms with Gasteiger partial charge in [0.1, 0.15) is 18.5 Å². The van der Waals surface area contributed by atoms with Crippen LogP contribution in [0.1, 0.15) is 23.5 Å². The number of hydrogen-bond acceptors (Lipinski definition) is 2. The lowest BCUT2D eigenvalue weighted by molar-refractivity contribution is 0.487. The number of nitrogens with zero attached hydrogens (tertiary/aromatic N) is 3. The molecule has 2 aromatic carbocycles. The van der Waals surface area contributed by atoms with Crippen LogP contribution in [-0.2, 0) is 13.0 Å². The molecule has 0 N–H and O–H groups in total. The first kappa shape index (κ1) is 15.7. The molecule has 0 aliphatic carbocycles. The van der Waals surface area contributed by atoms with E-state index in [1.807, 2.05) is 41.1 Å².